The fraction of sp³-hybridized carbons (Fsp3) is 0.350. The van der Waals surface area contributed by atoms with E-state index in [9.17, 15) is 28.1 Å². The molecule has 1 saturated heterocycles. The number of carbonyl (C=O) groups excluding carboxylic acids is 1. The number of halogens is 3. The van der Waals surface area contributed by atoms with Gasteiger partial charge in [0.15, 0.2) is 12.4 Å². The Bertz CT molecular complexity index is 959. The number of rotatable bonds is 6. The first-order valence-corrected chi connectivity index (χ1v) is 9.34. The number of alkyl halides is 3. The van der Waals surface area contributed by atoms with Gasteiger partial charge >= 0.3 is 11.9 Å². The van der Waals surface area contributed by atoms with Crippen molar-refractivity contribution in [2.45, 2.75) is 6.18 Å². The van der Waals surface area contributed by atoms with Crippen molar-refractivity contribution in [1.29, 1.82) is 0 Å². The lowest BCUT2D eigenvalue weighted by Gasteiger charge is -2.36. The largest absolute Gasteiger partial charge is 0.496 e. The number of amides is 1. The van der Waals surface area contributed by atoms with E-state index in [0.717, 1.165) is 12.1 Å². The zero-order chi connectivity index (χ0) is 22.6. The molecule has 8 nitrogen and oxygen atoms in total. The quantitative estimate of drug-likeness (QED) is 0.507. The molecule has 0 saturated carbocycles. The van der Waals surface area contributed by atoms with Gasteiger partial charge in [0, 0.05) is 31.9 Å². The topological polar surface area (TPSA) is 85.2 Å². The van der Waals surface area contributed by atoms with Gasteiger partial charge in [0.25, 0.3) is 5.91 Å². The number of nitro benzene ring substituents is 1. The third-order valence-corrected chi connectivity index (χ3v) is 4.88. The van der Waals surface area contributed by atoms with Gasteiger partial charge in [0.05, 0.1) is 23.7 Å². The zero-order valence-corrected chi connectivity index (χ0v) is 16.6. The van der Waals surface area contributed by atoms with Crippen LogP contribution in [0.2, 0.25) is 0 Å². The summed E-state index contributed by atoms with van der Waals surface area (Å²) in [5, 5.41) is 11.2. The van der Waals surface area contributed by atoms with Crippen LogP contribution < -0.4 is 14.4 Å². The lowest BCUT2D eigenvalue weighted by Crippen LogP contribution is -2.50. The standard InChI is InChI=1S/C20H20F3N3O5/c1-30-16-5-6-18(17(12-16)26(28)29)31-13-19(27)25-9-7-24(8-10-25)15-4-2-3-14(11-15)20(21,22)23/h2-6,11-12H,7-10,13H2,1H3. The molecule has 166 valence electrons. The van der Waals surface area contributed by atoms with E-state index in [1.165, 1.54) is 36.3 Å². The molecule has 2 aromatic carbocycles. The Morgan fingerprint density at radius 1 is 1.13 bits per heavy atom. The molecule has 1 aliphatic heterocycles. The van der Waals surface area contributed by atoms with E-state index in [0.29, 0.717) is 31.9 Å². The van der Waals surface area contributed by atoms with Gasteiger partial charge in [-0.3, -0.25) is 14.9 Å². The molecule has 0 bridgehead atoms. The fourth-order valence-corrected chi connectivity index (χ4v) is 3.21. The smallest absolute Gasteiger partial charge is 0.416 e. The predicted molar refractivity (Wildman–Crippen MR) is 105 cm³/mol. The average Bonchev–Trinajstić information content (AvgIpc) is 2.77. The molecule has 3 rings (SSSR count). The summed E-state index contributed by atoms with van der Waals surface area (Å²) >= 11 is 0. The molecule has 0 spiro atoms. The molecule has 2 aromatic rings. The Kier molecular flexibility index (Phi) is 6.52. The summed E-state index contributed by atoms with van der Waals surface area (Å²) in [4.78, 5) is 26.3. The maximum Gasteiger partial charge on any atom is 0.416 e. The molecule has 31 heavy (non-hydrogen) atoms. The van der Waals surface area contributed by atoms with Gasteiger partial charge in [0.1, 0.15) is 5.75 Å². The highest BCUT2D eigenvalue weighted by atomic mass is 19.4. The summed E-state index contributed by atoms with van der Waals surface area (Å²) in [7, 11) is 1.38. The maximum atomic E-state index is 12.9. The van der Waals surface area contributed by atoms with E-state index < -0.39 is 23.3 Å². The second-order valence-corrected chi connectivity index (χ2v) is 6.80. The van der Waals surface area contributed by atoms with Crippen LogP contribution in [-0.2, 0) is 11.0 Å². The average molecular weight is 439 g/mol. The minimum atomic E-state index is -4.42. The SMILES string of the molecule is COc1ccc(OCC(=O)N2CCN(c3cccc(C(F)(F)F)c3)CC2)c([N+](=O)[O-])c1. The second kappa shape index (κ2) is 9.11. The highest BCUT2D eigenvalue weighted by molar-refractivity contribution is 5.78. The van der Waals surface area contributed by atoms with Crippen molar-refractivity contribution >= 4 is 17.3 Å². The van der Waals surface area contributed by atoms with E-state index in [1.54, 1.807) is 11.0 Å². The molecule has 1 heterocycles. The first-order chi connectivity index (χ1) is 14.7. The summed E-state index contributed by atoms with van der Waals surface area (Å²) in [5.74, 6) is -0.133. The Morgan fingerprint density at radius 3 is 2.45 bits per heavy atom. The molecule has 11 heteroatoms. The van der Waals surface area contributed by atoms with Crippen molar-refractivity contribution in [3.05, 3.63) is 58.1 Å². The summed E-state index contributed by atoms with van der Waals surface area (Å²) < 4.78 is 49.0. The second-order valence-electron chi connectivity index (χ2n) is 6.80. The molecule has 1 amide bonds. The van der Waals surface area contributed by atoms with Crippen LogP contribution in [0.15, 0.2) is 42.5 Å². The van der Waals surface area contributed by atoms with E-state index in [4.69, 9.17) is 9.47 Å². The van der Waals surface area contributed by atoms with Crippen molar-refractivity contribution in [1.82, 2.24) is 4.90 Å². The van der Waals surface area contributed by atoms with Crippen LogP contribution in [0.4, 0.5) is 24.5 Å². The Hall–Kier alpha value is -3.50. The maximum absolute atomic E-state index is 12.9. The van der Waals surface area contributed by atoms with Crippen LogP contribution in [0, 0.1) is 10.1 Å². The van der Waals surface area contributed by atoms with Gasteiger partial charge in [-0.15, -0.1) is 0 Å². The summed E-state index contributed by atoms with van der Waals surface area (Å²) in [5.41, 5.74) is -0.605. The van der Waals surface area contributed by atoms with Crippen molar-refractivity contribution in [3.63, 3.8) is 0 Å². The number of anilines is 1. The number of ether oxygens (including phenoxy) is 2. The van der Waals surface area contributed by atoms with Crippen molar-refractivity contribution in [3.8, 4) is 11.5 Å². The Balaban J connectivity index is 1.57. The van der Waals surface area contributed by atoms with Crippen LogP contribution >= 0.6 is 0 Å². The number of nitro groups is 1. The molecule has 0 unspecified atom stereocenters. The third kappa shape index (κ3) is 5.36. The van der Waals surface area contributed by atoms with Crippen LogP contribution in [-0.4, -0.2) is 55.6 Å². The van der Waals surface area contributed by atoms with Gasteiger partial charge in [-0.2, -0.15) is 13.2 Å². The van der Waals surface area contributed by atoms with E-state index >= 15 is 0 Å². The molecule has 0 radical (unpaired) electrons. The highest BCUT2D eigenvalue weighted by Crippen LogP contribution is 2.32. The fourth-order valence-electron chi connectivity index (χ4n) is 3.21. The molecule has 0 N–H and O–H groups in total. The predicted octanol–water partition coefficient (Wildman–Crippen LogP) is 3.35. The molecular weight excluding hydrogens is 419 g/mol. The number of hydrogen-bond donors (Lipinski definition) is 0. The van der Waals surface area contributed by atoms with E-state index in [-0.39, 0.29) is 23.1 Å². The molecule has 0 aromatic heterocycles. The number of methoxy groups -OCH3 is 1. The normalized spacial score (nSPS) is 14.3. The lowest BCUT2D eigenvalue weighted by molar-refractivity contribution is -0.385. The van der Waals surface area contributed by atoms with Crippen LogP contribution in [0.5, 0.6) is 11.5 Å². The number of nitrogens with zero attached hydrogens (tertiary/aromatic N) is 3. The van der Waals surface area contributed by atoms with Gasteiger partial charge in [0.2, 0.25) is 0 Å². The van der Waals surface area contributed by atoms with Gasteiger partial charge in [-0.25, -0.2) is 0 Å². The molecule has 1 fully saturated rings. The van der Waals surface area contributed by atoms with Crippen molar-refractivity contribution in [2.75, 3.05) is 44.8 Å². The number of benzene rings is 2. The summed E-state index contributed by atoms with van der Waals surface area (Å²) in [6, 6.07) is 9.09. The summed E-state index contributed by atoms with van der Waals surface area (Å²) in [6.45, 7) is 0.911. The summed E-state index contributed by atoms with van der Waals surface area (Å²) in [6.07, 6.45) is -4.42. The molecule has 0 atom stereocenters. The Morgan fingerprint density at radius 2 is 1.84 bits per heavy atom. The number of piperazine rings is 1. The molecular formula is C20H20F3N3O5. The first-order valence-electron chi connectivity index (χ1n) is 9.34. The highest BCUT2D eigenvalue weighted by Gasteiger charge is 2.31. The lowest BCUT2D eigenvalue weighted by atomic mass is 10.1. The van der Waals surface area contributed by atoms with E-state index in [1.807, 2.05) is 0 Å². The van der Waals surface area contributed by atoms with Crippen molar-refractivity contribution in [2.24, 2.45) is 0 Å². The van der Waals surface area contributed by atoms with Crippen LogP contribution in [0.3, 0.4) is 0 Å². The minimum Gasteiger partial charge on any atom is -0.496 e. The minimum absolute atomic E-state index is 0.0539. The van der Waals surface area contributed by atoms with Crippen LogP contribution in [0.1, 0.15) is 5.56 Å². The first kappa shape index (κ1) is 22.2. The molecule has 0 aliphatic carbocycles. The third-order valence-electron chi connectivity index (χ3n) is 4.88. The van der Waals surface area contributed by atoms with E-state index in [2.05, 4.69) is 0 Å². The monoisotopic (exact) mass is 439 g/mol. The van der Waals surface area contributed by atoms with Crippen molar-refractivity contribution < 1.29 is 32.4 Å². The number of hydrogen-bond acceptors (Lipinski definition) is 6. The zero-order valence-electron chi connectivity index (χ0n) is 16.6. The number of carbonyl (C=O) groups is 1. The van der Waals surface area contributed by atoms with Gasteiger partial charge < -0.3 is 19.3 Å². The van der Waals surface area contributed by atoms with Crippen LogP contribution in [0.25, 0.3) is 0 Å². The van der Waals surface area contributed by atoms with Gasteiger partial charge in [-0.1, -0.05) is 6.07 Å². The van der Waals surface area contributed by atoms with Gasteiger partial charge in [-0.05, 0) is 30.3 Å². The Labute approximate surface area is 175 Å². The molecule has 1 aliphatic rings.